The van der Waals surface area contributed by atoms with Gasteiger partial charge >= 0.3 is 0 Å². The Kier molecular flexibility index (Phi) is 7.25. The molecule has 2 heterocycles. The molecule has 2 aliphatic rings. The highest BCUT2D eigenvalue weighted by Gasteiger charge is 2.31. The largest absolute Gasteiger partial charge is 0.493 e. The number of nitrogens with zero attached hydrogens (tertiary/aromatic N) is 1. The van der Waals surface area contributed by atoms with Crippen LogP contribution in [0, 0.1) is 0 Å². The molecule has 1 fully saturated rings. The van der Waals surface area contributed by atoms with Crippen molar-refractivity contribution in [1.29, 1.82) is 0 Å². The molecule has 8 heteroatoms. The van der Waals surface area contributed by atoms with Crippen LogP contribution in [0.25, 0.3) is 6.08 Å². The average Bonchev–Trinajstić information content (AvgIpc) is 2.86. The van der Waals surface area contributed by atoms with Crippen LogP contribution >= 0.6 is 0 Å². The minimum atomic E-state index is -0.330. The molecule has 2 aromatic carbocycles. The minimum Gasteiger partial charge on any atom is -0.493 e. The summed E-state index contributed by atoms with van der Waals surface area (Å²) in [4.78, 5) is 27.8. The van der Waals surface area contributed by atoms with Gasteiger partial charge in [-0.2, -0.15) is 0 Å². The monoisotopic (exact) mass is 466 g/mol. The number of benzene rings is 2. The Morgan fingerprint density at radius 1 is 1.06 bits per heavy atom. The molecule has 180 valence electrons. The summed E-state index contributed by atoms with van der Waals surface area (Å²) in [5.41, 5.74) is 1.73. The normalized spacial score (nSPS) is 17.7. The number of fused-ring (bicyclic) bond motifs is 2. The van der Waals surface area contributed by atoms with Gasteiger partial charge in [-0.15, -0.1) is 0 Å². The van der Waals surface area contributed by atoms with Crippen molar-refractivity contribution < 1.29 is 28.5 Å². The summed E-state index contributed by atoms with van der Waals surface area (Å²) in [5, 5.41) is 2.83. The topological polar surface area (TPSA) is 86.3 Å². The van der Waals surface area contributed by atoms with Crippen LogP contribution in [-0.2, 0) is 4.79 Å². The smallest absolute Gasteiger partial charge is 0.257 e. The second-order valence-electron chi connectivity index (χ2n) is 8.28. The molecule has 1 N–H and O–H groups in total. The summed E-state index contributed by atoms with van der Waals surface area (Å²) in [5.74, 6) is 1.67. The third-order valence-electron chi connectivity index (χ3n) is 6.19. The van der Waals surface area contributed by atoms with Gasteiger partial charge in [0.25, 0.3) is 5.91 Å². The standard InChI is InChI=1S/C26H30N2O6/c1-31-22-14-17(15-23(32-2)25(22)33-3)7-10-24(29)27-18-8-9-21-20(16-18)26(30)28-12-5-4-6-19(28)11-13-34-21/h7-10,14-16,19H,4-6,11-13H2,1-3H3,(H,27,29)/b10-7+. The second kappa shape index (κ2) is 10.5. The van der Waals surface area contributed by atoms with Gasteiger partial charge in [-0.05, 0) is 61.2 Å². The van der Waals surface area contributed by atoms with Crippen LogP contribution in [0.1, 0.15) is 41.6 Å². The number of amides is 2. The number of carbonyl (C=O) groups excluding carboxylic acids is 2. The van der Waals surface area contributed by atoms with Crippen molar-refractivity contribution in [3.63, 3.8) is 0 Å². The maximum atomic E-state index is 13.2. The van der Waals surface area contributed by atoms with Crippen LogP contribution in [0.4, 0.5) is 5.69 Å². The molecule has 1 saturated heterocycles. The van der Waals surface area contributed by atoms with Crippen LogP contribution in [0.3, 0.4) is 0 Å². The highest BCUT2D eigenvalue weighted by molar-refractivity contribution is 6.04. The van der Waals surface area contributed by atoms with Crippen molar-refractivity contribution in [1.82, 2.24) is 4.90 Å². The first-order valence-corrected chi connectivity index (χ1v) is 11.4. The van der Waals surface area contributed by atoms with Crippen molar-refractivity contribution in [2.24, 2.45) is 0 Å². The van der Waals surface area contributed by atoms with E-state index in [4.69, 9.17) is 18.9 Å². The molecule has 0 aromatic heterocycles. The molecular weight excluding hydrogens is 436 g/mol. The number of hydrogen-bond donors (Lipinski definition) is 1. The molecule has 2 aromatic rings. The molecule has 8 nitrogen and oxygen atoms in total. The molecule has 0 radical (unpaired) electrons. The maximum Gasteiger partial charge on any atom is 0.257 e. The molecule has 1 unspecified atom stereocenters. The zero-order valence-corrected chi connectivity index (χ0v) is 19.8. The Morgan fingerprint density at radius 3 is 2.53 bits per heavy atom. The fourth-order valence-electron chi connectivity index (χ4n) is 4.48. The molecule has 0 bridgehead atoms. The predicted molar refractivity (Wildman–Crippen MR) is 129 cm³/mol. The third-order valence-corrected chi connectivity index (χ3v) is 6.19. The van der Waals surface area contributed by atoms with Crippen LogP contribution < -0.4 is 24.3 Å². The lowest BCUT2D eigenvalue weighted by molar-refractivity contribution is -0.111. The number of ether oxygens (including phenoxy) is 4. The molecule has 4 rings (SSSR count). The van der Waals surface area contributed by atoms with Gasteiger partial charge in [-0.25, -0.2) is 0 Å². The summed E-state index contributed by atoms with van der Waals surface area (Å²) < 4.78 is 21.9. The van der Waals surface area contributed by atoms with Crippen molar-refractivity contribution in [3.05, 3.63) is 47.5 Å². The van der Waals surface area contributed by atoms with Crippen molar-refractivity contribution in [3.8, 4) is 23.0 Å². The Hall–Kier alpha value is -3.68. The lowest BCUT2D eigenvalue weighted by atomic mass is 9.97. The SMILES string of the molecule is COc1cc(/C=C/C(=O)Nc2ccc3c(c2)C(=O)N2CCCCC2CCO3)cc(OC)c1OC. The van der Waals surface area contributed by atoms with E-state index in [0.717, 1.165) is 32.2 Å². The van der Waals surface area contributed by atoms with Gasteiger partial charge in [0.05, 0.1) is 33.5 Å². The number of hydrogen-bond acceptors (Lipinski definition) is 6. The highest BCUT2D eigenvalue weighted by Crippen LogP contribution is 2.38. The number of anilines is 1. The van der Waals surface area contributed by atoms with E-state index in [1.165, 1.54) is 27.4 Å². The Balaban J connectivity index is 1.51. The molecule has 2 aliphatic heterocycles. The van der Waals surface area contributed by atoms with Crippen LogP contribution in [0.15, 0.2) is 36.4 Å². The second-order valence-corrected chi connectivity index (χ2v) is 8.28. The molecule has 0 saturated carbocycles. The maximum absolute atomic E-state index is 13.2. The van der Waals surface area contributed by atoms with E-state index in [-0.39, 0.29) is 17.9 Å². The summed E-state index contributed by atoms with van der Waals surface area (Å²) >= 11 is 0. The summed E-state index contributed by atoms with van der Waals surface area (Å²) in [6.07, 6.45) is 7.06. The molecule has 0 spiro atoms. The zero-order chi connectivity index (χ0) is 24.1. The van der Waals surface area contributed by atoms with Crippen LogP contribution in [0.2, 0.25) is 0 Å². The summed E-state index contributed by atoms with van der Waals surface area (Å²) in [6.45, 7) is 1.34. The Labute approximate surface area is 199 Å². The van der Waals surface area contributed by atoms with Gasteiger partial charge in [-0.1, -0.05) is 0 Å². The number of methoxy groups -OCH3 is 3. The van der Waals surface area contributed by atoms with Gasteiger partial charge in [0.2, 0.25) is 11.7 Å². The van der Waals surface area contributed by atoms with Gasteiger partial charge in [0, 0.05) is 30.8 Å². The predicted octanol–water partition coefficient (Wildman–Crippen LogP) is 4.14. The molecule has 2 amide bonds. The van der Waals surface area contributed by atoms with Gasteiger partial charge in [-0.3, -0.25) is 9.59 Å². The van der Waals surface area contributed by atoms with Crippen LogP contribution in [-0.4, -0.2) is 57.2 Å². The quantitative estimate of drug-likeness (QED) is 0.644. The van der Waals surface area contributed by atoms with Gasteiger partial charge < -0.3 is 29.2 Å². The van der Waals surface area contributed by atoms with Gasteiger partial charge in [0.15, 0.2) is 11.5 Å². The first kappa shape index (κ1) is 23.5. The van der Waals surface area contributed by atoms with Crippen molar-refractivity contribution >= 4 is 23.6 Å². The van der Waals surface area contributed by atoms with Gasteiger partial charge in [0.1, 0.15) is 5.75 Å². The van der Waals surface area contributed by atoms with E-state index in [9.17, 15) is 9.59 Å². The van der Waals surface area contributed by atoms with Crippen LogP contribution in [0.5, 0.6) is 23.0 Å². The molecular formula is C26H30N2O6. The Morgan fingerprint density at radius 2 is 1.82 bits per heavy atom. The summed E-state index contributed by atoms with van der Waals surface area (Å²) in [6, 6.07) is 8.90. The first-order chi connectivity index (χ1) is 16.5. The molecule has 0 aliphatic carbocycles. The highest BCUT2D eigenvalue weighted by atomic mass is 16.5. The molecule has 34 heavy (non-hydrogen) atoms. The first-order valence-electron chi connectivity index (χ1n) is 11.4. The van der Waals surface area contributed by atoms with E-state index in [0.29, 0.717) is 46.4 Å². The summed E-state index contributed by atoms with van der Waals surface area (Å²) in [7, 11) is 4.61. The van der Waals surface area contributed by atoms with E-state index >= 15 is 0 Å². The van der Waals surface area contributed by atoms with Crippen molar-refractivity contribution in [2.45, 2.75) is 31.7 Å². The van der Waals surface area contributed by atoms with E-state index in [2.05, 4.69) is 5.32 Å². The minimum absolute atomic E-state index is 0.0385. The Bertz CT molecular complexity index is 1070. The number of rotatable bonds is 6. The van der Waals surface area contributed by atoms with Crippen molar-refractivity contribution in [2.75, 3.05) is 39.8 Å². The third kappa shape index (κ3) is 4.95. The van der Waals surface area contributed by atoms with E-state index < -0.39 is 0 Å². The van der Waals surface area contributed by atoms with E-state index in [1.54, 1.807) is 36.4 Å². The lowest BCUT2D eigenvalue weighted by Crippen LogP contribution is -2.45. The zero-order valence-electron chi connectivity index (χ0n) is 19.8. The fraction of sp³-hybridized carbons (Fsp3) is 0.385. The number of nitrogens with one attached hydrogen (secondary N) is 1. The number of carbonyl (C=O) groups is 2. The number of piperidine rings is 1. The fourth-order valence-corrected chi connectivity index (χ4v) is 4.48. The molecule has 1 atom stereocenters. The van der Waals surface area contributed by atoms with E-state index in [1.807, 2.05) is 4.90 Å². The lowest BCUT2D eigenvalue weighted by Gasteiger charge is -2.37. The average molecular weight is 467 g/mol.